The van der Waals surface area contributed by atoms with Crippen LogP contribution < -0.4 is 5.43 Å². The summed E-state index contributed by atoms with van der Waals surface area (Å²) < 4.78 is 12.8. The third-order valence-electron chi connectivity index (χ3n) is 2.80. The summed E-state index contributed by atoms with van der Waals surface area (Å²) >= 11 is 0. The lowest BCUT2D eigenvalue weighted by molar-refractivity contribution is 0.627. The van der Waals surface area contributed by atoms with Crippen LogP contribution in [0.4, 0.5) is 10.1 Å². The number of halogens is 1. The molecule has 0 aromatic heterocycles. The van der Waals surface area contributed by atoms with Crippen molar-refractivity contribution in [3.05, 3.63) is 65.5 Å². The van der Waals surface area contributed by atoms with E-state index in [1.165, 1.54) is 17.7 Å². The van der Waals surface area contributed by atoms with Gasteiger partial charge in [0.2, 0.25) is 0 Å². The van der Waals surface area contributed by atoms with Gasteiger partial charge in [0.15, 0.2) is 0 Å². The molecule has 98 valence electrons. The highest BCUT2D eigenvalue weighted by Gasteiger charge is 1.97. The Hall–Kier alpha value is -2.16. The van der Waals surface area contributed by atoms with Crippen molar-refractivity contribution in [2.24, 2.45) is 5.10 Å². The van der Waals surface area contributed by atoms with Crippen LogP contribution in [0.5, 0.6) is 0 Å². The van der Waals surface area contributed by atoms with Gasteiger partial charge in [-0.2, -0.15) is 5.10 Å². The van der Waals surface area contributed by atoms with Gasteiger partial charge >= 0.3 is 0 Å². The van der Waals surface area contributed by atoms with E-state index >= 15 is 0 Å². The summed E-state index contributed by atoms with van der Waals surface area (Å²) in [7, 11) is 0. The van der Waals surface area contributed by atoms with E-state index in [2.05, 4.69) is 10.5 Å². The van der Waals surface area contributed by atoms with E-state index in [4.69, 9.17) is 0 Å². The maximum Gasteiger partial charge on any atom is 0.123 e. The van der Waals surface area contributed by atoms with Gasteiger partial charge in [-0.15, -0.1) is 0 Å². The summed E-state index contributed by atoms with van der Waals surface area (Å²) in [5.41, 5.74) is 7.20. The zero-order chi connectivity index (χ0) is 13.7. The van der Waals surface area contributed by atoms with Gasteiger partial charge in [0.1, 0.15) is 5.82 Å². The number of hydrogen-bond acceptors (Lipinski definition) is 2. The molecule has 0 heterocycles. The Balaban J connectivity index is 1.95. The summed E-state index contributed by atoms with van der Waals surface area (Å²) in [6.45, 7) is 4.00. The van der Waals surface area contributed by atoms with Crippen LogP contribution >= 0.6 is 0 Å². The number of nitrogens with one attached hydrogen (secondary N) is 1. The van der Waals surface area contributed by atoms with Gasteiger partial charge in [-0.1, -0.05) is 29.8 Å². The minimum Gasteiger partial charge on any atom is -0.279 e. The van der Waals surface area contributed by atoms with Crippen molar-refractivity contribution < 1.29 is 4.39 Å². The average molecular weight is 256 g/mol. The van der Waals surface area contributed by atoms with Crippen molar-refractivity contribution in [1.29, 1.82) is 0 Å². The molecule has 0 aliphatic carbocycles. The molecule has 2 rings (SSSR count). The van der Waals surface area contributed by atoms with Gasteiger partial charge in [-0.3, -0.25) is 5.43 Å². The van der Waals surface area contributed by atoms with E-state index < -0.39 is 0 Å². The Bertz CT molecular complexity index is 556. The smallest absolute Gasteiger partial charge is 0.123 e. The molecule has 0 spiro atoms. The summed E-state index contributed by atoms with van der Waals surface area (Å²) in [6.07, 6.45) is 0.707. The lowest BCUT2D eigenvalue weighted by Gasteiger charge is -2.04. The Morgan fingerprint density at radius 2 is 1.68 bits per heavy atom. The predicted molar refractivity (Wildman–Crippen MR) is 78.0 cm³/mol. The van der Waals surface area contributed by atoms with Gasteiger partial charge in [0.25, 0.3) is 0 Å². The lowest BCUT2D eigenvalue weighted by Crippen LogP contribution is -2.01. The van der Waals surface area contributed by atoms with Crippen LogP contribution in [0.15, 0.2) is 53.6 Å². The molecule has 0 atom stereocenters. The Labute approximate surface area is 113 Å². The topological polar surface area (TPSA) is 24.4 Å². The van der Waals surface area contributed by atoms with Gasteiger partial charge in [-0.25, -0.2) is 4.39 Å². The Morgan fingerprint density at radius 3 is 2.32 bits per heavy atom. The Kier molecular flexibility index (Phi) is 4.29. The SMILES string of the molecule is C/C(Cc1ccc(F)cc1)=N\Nc1ccc(C)cc1. The largest absolute Gasteiger partial charge is 0.279 e. The van der Waals surface area contributed by atoms with E-state index in [1.807, 2.05) is 38.1 Å². The van der Waals surface area contributed by atoms with Gasteiger partial charge < -0.3 is 0 Å². The quantitative estimate of drug-likeness (QED) is 0.644. The van der Waals surface area contributed by atoms with Crippen molar-refractivity contribution in [3.8, 4) is 0 Å². The first-order valence-electron chi connectivity index (χ1n) is 6.24. The van der Waals surface area contributed by atoms with Crippen LogP contribution in [-0.2, 0) is 6.42 Å². The van der Waals surface area contributed by atoms with E-state index in [0.29, 0.717) is 6.42 Å². The van der Waals surface area contributed by atoms with Crippen molar-refractivity contribution in [2.45, 2.75) is 20.3 Å². The second-order valence-electron chi connectivity index (χ2n) is 4.63. The molecule has 2 nitrogen and oxygen atoms in total. The molecule has 0 aliphatic heterocycles. The maximum atomic E-state index is 12.8. The van der Waals surface area contributed by atoms with Gasteiger partial charge in [0, 0.05) is 12.1 Å². The number of hydrazone groups is 1. The molecule has 2 aromatic carbocycles. The molecule has 0 radical (unpaired) electrons. The Morgan fingerprint density at radius 1 is 1.05 bits per heavy atom. The molecule has 0 amide bonds. The van der Waals surface area contributed by atoms with Gasteiger partial charge in [0.05, 0.1) is 5.69 Å². The zero-order valence-corrected chi connectivity index (χ0v) is 11.2. The molecular formula is C16H17FN2. The summed E-state index contributed by atoms with van der Waals surface area (Å²) in [4.78, 5) is 0. The molecule has 0 saturated heterocycles. The number of anilines is 1. The molecule has 0 unspecified atom stereocenters. The third kappa shape index (κ3) is 4.21. The van der Waals surface area contributed by atoms with Crippen molar-refractivity contribution >= 4 is 11.4 Å². The second-order valence-corrected chi connectivity index (χ2v) is 4.63. The fraction of sp³-hybridized carbons (Fsp3) is 0.188. The maximum absolute atomic E-state index is 12.8. The van der Waals surface area contributed by atoms with Crippen LogP contribution in [0.1, 0.15) is 18.1 Å². The third-order valence-corrected chi connectivity index (χ3v) is 2.80. The minimum absolute atomic E-state index is 0.212. The number of aryl methyl sites for hydroxylation is 1. The highest BCUT2D eigenvalue weighted by molar-refractivity contribution is 5.84. The molecule has 3 heteroatoms. The van der Waals surface area contributed by atoms with Crippen LogP contribution in [0.3, 0.4) is 0 Å². The first-order valence-corrected chi connectivity index (χ1v) is 6.24. The first kappa shape index (κ1) is 13.3. The summed E-state index contributed by atoms with van der Waals surface area (Å²) in [5, 5.41) is 4.31. The number of benzene rings is 2. The van der Waals surface area contributed by atoms with E-state index in [-0.39, 0.29) is 5.82 Å². The fourth-order valence-corrected chi connectivity index (χ4v) is 1.73. The normalized spacial score (nSPS) is 11.4. The fourth-order valence-electron chi connectivity index (χ4n) is 1.73. The molecule has 0 saturated carbocycles. The molecular weight excluding hydrogens is 239 g/mol. The molecule has 0 aliphatic rings. The summed E-state index contributed by atoms with van der Waals surface area (Å²) in [6, 6.07) is 14.5. The average Bonchev–Trinajstić information content (AvgIpc) is 2.41. The molecule has 19 heavy (non-hydrogen) atoms. The summed E-state index contributed by atoms with van der Waals surface area (Å²) in [5.74, 6) is -0.212. The zero-order valence-electron chi connectivity index (χ0n) is 11.2. The molecule has 1 N–H and O–H groups in total. The van der Waals surface area contributed by atoms with E-state index in [9.17, 15) is 4.39 Å². The number of rotatable bonds is 4. The highest BCUT2D eigenvalue weighted by Crippen LogP contribution is 2.09. The monoisotopic (exact) mass is 256 g/mol. The minimum atomic E-state index is -0.212. The van der Waals surface area contributed by atoms with Crippen molar-refractivity contribution in [1.82, 2.24) is 0 Å². The number of nitrogens with zero attached hydrogens (tertiary/aromatic N) is 1. The standard InChI is InChI=1S/C16H17FN2/c1-12-3-9-16(10-4-12)19-18-13(2)11-14-5-7-15(17)8-6-14/h3-10,19H,11H2,1-2H3/b18-13+. The first-order chi connectivity index (χ1) is 9.13. The van der Waals surface area contributed by atoms with Gasteiger partial charge in [-0.05, 0) is 43.7 Å². The van der Waals surface area contributed by atoms with Crippen LogP contribution in [-0.4, -0.2) is 5.71 Å². The van der Waals surface area contributed by atoms with Crippen LogP contribution in [0.2, 0.25) is 0 Å². The van der Waals surface area contributed by atoms with Crippen LogP contribution in [0.25, 0.3) is 0 Å². The van der Waals surface area contributed by atoms with E-state index in [1.54, 1.807) is 12.1 Å². The number of hydrogen-bond donors (Lipinski definition) is 1. The van der Waals surface area contributed by atoms with E-state index in [0.717, 1.165) is 17.0 Å². The van der Waals surface area contributed by atoms with Crippen molar-refractivity contribution in [3.63, 3.8) is 0 Å². The second kappa shape index (κ2) is 6.14. The predicted octanol–water partition coefficient (Wildman–Crippen LogP) is 4.16. The molecule has 0 bridgehead atoms. The van der Waals surface area contributed by atoms with Crippen LogP contribution in [0, 0.1) is 12.7 Å². The van der Waals surface area contributed by atoms with Crippen molar-refractivity contribution in [2.75, 3.05) is 5.43 Å². The highest BCUT2D eigenvalue weighted by atomic mass is 19.1. The lowest BCUT2D eigenvalue weighted by atomic mass is 10.1. The molecule has 0 fully saturated rings. The molecule has 2 aromatic rings.